The molecule has 6 heteroatoms. The van der Waals surface area contributed by atoms with Gasteiger partial charge >= 0.3 is 0 Å². The van der Waals surface area contributed by atoms with Crippen LogP contribution in [0.4, 0.5) is 0 Å². The maximum atomic E-state index is 12.3. The third-order valence-corrected chi connectivity index (χ3v) is 5.72. The molecule has 26 heavy (non-hydrogen) atoms. The van der Waals surface area contributed by atoms with Gasteiger partial charge in [-0.05, 0) is 73.8 Å². The maximum absolute atomic E-state index is 12.3. The summed E-state index contributed by atoms with van der Waals surface area (Å²) >= 11 is 7.66. The van der Waals surface area contributed by atoms with E-state index in [0.717, 1.165) is 36.0 Å². The molecule has 1 aliphatic heterocycles. The molecule has 1 aliphatic rings. The molecule has 0 radical (unpaired) electrons. The smallest absolute Gasteiger partial charge is 0.251 e. The highest BCUT2D eigenvalue weighted by atomic mass is 35.5. The van der Waals surface area contributed by atoms with Crippen LogP contribution < -0.4 is 10.6 Å². The number of halogens is 2. The van der Waals surface area contributed by atoms with Gasteiger partial charge in [0, 0.05) is 27.8 Å². The van der Waals surface area contributed by atoms with Crippen LogP contribution in [0, 0.1) is 5.92 Å². The molecule has 3 rings (SSSR count). The van der Waals surface area contributed by atoms with Crippen molar-refractivity contribution < 1.29 is 4.79 Å². The average molecular weight is 411 g/mol. The van der Waals surface area contributed by atoms with Crippen molar-refractivity contribution in [3.8, 4) is 0 Å². The van der Waals surface area contributed by atoms with E-state index in [9.17, 15) is 4.79 Å². The fraction of sp³-hybridized carbons (Fsp3) is 0.350. The first-order valence-corrected chi connectivity index (χ1v) is 10.0. The summed E-state index contributed by atoms with van der Waals surface area (Å²) in [5, 5.41) is 7.18. The van der Waals surface area contributed by atoms with Crippen molar-refractivity contribution in [2.75, 3.05) is 19.6 Å². The molecule has 0 aliphatic carbocycles. The molecule has 1 unspecified atom stereocenters. The van der Waals surface area contributed by atoms with Crippen molar-refractivity contribution in [2.45, 2.75) is 23.5 Å². The van der Waals surface area contributed by atoms with E-state index in [4.69, 9.17) is 11.6 Å². The minimum Gasteiger partial charge on any atom is -0.352 e. The Balaban J connectivity index is 0.00000243. The number of nitrogens with one attached hydrogen (secondary N) is 2. The number of hydrogen-bond donors (Lipinski definition) is 2. The molecule has 2 N–H and O–H groups in total. The largest absolute Gasteiger partial charge is 0.352 e. The van der Waals surface area contributed by atoms with E-state index in [1.807, 2.05) is 48.5 Å². The fourth-order valence-electron chi connectivity index (χ4n) is 2.89. The molecule has 2 aromatic rings. The van der Waals surface area contributed by atoms with Gasteiger partial charge < -0.3 is 10.6 Å². The van der Waals surface area contributed by atoms with Crippen LogP contribution >= 0.6 is 35.8 Å². The van der Waals surface area contributed by atoms with Crippen molar-refractivity contribution in [1.82, 2.24) is 10.6 Å². The van der Waals surface area contributed by atoms with Crippen LogP contribution in [0.15, 0.2) is 53.4 Å². The highest BCUT2D eigenvalue weighted by Crippen LogP contribution is 2.24. The molecule has 3 nitrogen and oxygen atoms in total. The molecule has 1 amide bonds. The Bertz CT molecular complexity index is 686. The van der Waals surface area contributed by atoms with E-state index in [1.165, 1.54) is 23.3 Å². The molecule has 140 valence electrons. The van der Waals surface area contributed by atoms with E-state index < -0.39 is 0 Å². The first kappa shape index (κ1) is 21.1. The van der Waals surface area contributed by atoms with Crippen LogP contribution in [0.25, 0.3) is 0 Å². The van der Waals surface area contributed by atoms with Crippen LogP contribution in [0.2, 0.25) is 5.02 Å². The Morgan fingerprint density at radius 3 is 2.54 bits per heavy atom. The predicted octanol–water partition coefficient (Wildman–Crippen LogP) is 4.78. The van der Waals surface area contributed by atoms with Crippen LogP contribution in [0.1, 0.15) is 28.8 Å². The molecule has 1 saturated heterocycles. The van der Waals surface area contributed by atoms with Gasteiger partial charge in [0.1, 0.15) is 0 Å². The van der Waals surface area contributed by atoms with Gasteiger partial charge in [-0.3, -0.25) is 4.79 Å². The van der Waals surface area contributed by atoms with Crippen LogP contribution in [-0.2, 0) is 5.75 Å². The SMILES string of the molecule is Cl.O=C(NCC1CCCNC1)c1ccc(CSc2ccc(Cl)cc2)cc1. The maximum Gasteiger partial charge on any atom is 0.251 e. The topological polar surface area (TPSA) is 41.1 Å². The van der Waals surface area contributed by atoms with Gasteiger partial charge in [-0.1, -0.05) is 23.7 Å². The van der Waals surface area contributed by atoms with Crippen molar-refractivity contribution in [2.24, 2.45) is 5.92 Å². The minimum absolute atomic E-state index is 0. The summed E-state index contributed by atoms with van der Waals surface area (Å²) in [6.45, 7) is 2.85. The van der Waals surface area contributed by atoms with Gasteiger partial charge in [-0.2, -0.15) is 0 Å². The number of amides is 1. The average Bonchev–Trinajstić information content (AvgIpc) is 2.67. The molecule has 0 spiro atoms. The lowest BCUT2D eigenvalue weighted by atomic mass is 9.99. The number of rotatable bonds is 6. The molecule has 0 saturated carbocycles. The molecule has 1 atom stereocenters. The second-order valence-corrected chi connectivity index (χ2v) is 7.85. The first-order chi connectivity index (χ1) is 12.2. The summed E-state index contributed by atoms with van der Waals surface area (Å²) in [6, 6.07) is 15.7. The molecule has 0 bridgehead atoms. The second-order valence-electron chi connectivity index (χ2n) is 6.36. The number of thioether (sulfide) groups is 1. The van der Waals surface area contributed by atoms with Gasteiger partial charge in [0.25, 0.3) is 5.91 Å². The number of carbonyl (C=O) groups is 1. The highest BCUT2D eigenvalue weighted by molar-refractivity contribution is 7.98. The van der Waals surface area contributed by atoms with E-state index in [2.05, 4.69) is 10.6 Å². The molecule has 1 heterocycles. The third-order valence-electron chi connectivity index (χ3n) is 4.39. The molecular weight excluding hydrogens is 387 g/mol. The van der Waals surface area contributed by atoms with Gasteiger partial charge in [-0.15, -0.1) is 24.2 Å². The Labute approximate surface area is 170 Å². The third kappa shape index (κ3) is 6.51. The second kappa shape index (κ2) is 10.8. The summed E-state index contributed by atoms with van der Waals surface area (Å²) < 4.78 is 0. The monoisotopic (exact) mass is 410 g/mol. The molecule has 1 fully saturated rings. The Hall–Kier alpha value is -1.20. The van der Waals surface area contributed by atoms with Crippen LogP contribution in [-0.4, -0.2) is 25.5 Å². The van der Waals surface area contributed by atoms with Gasteiger partial charge in [0.15, 0.2) is 0 Å². The van der Waals surface area contributed by atoms with Crippen molar-refractivity contribution >= 4 is 41.7 Å². The fourth-order valence-corrected chi connectivity index (χ4v) is 3.87. The first-order valence-electron chi connectivity index (χ1n) is 8.67. The zero-order valence-corrected chi connectivity index (χ0v) is 16.9. The Morgan fingerprint density at radius 1 is 1.15 bits per heavy atom. The Morgan fingerprint density at radius 2 is 1.88 bits per heavy atom. The lowest BCUT2D eigenvalue weighted by Gasteiger charge is -2.22. The lowest BCUT2D eigenvalue weighted by Crippen LogP contribution is -2.38. The number of carbonyl (C=O) groups excluding carboxylic acids is 1. The van der Waals surface area contributed by atoms with Crippen molar-refractivity contribution in [3.63, 3.8) is 0 Å². The standard InChI is InChI=1S/C20H23ClN2OS.ClH/c21-18-7-9-19(10-8-18)25-14-15-3-5-17(6-4-15)20(24)23-13-16-2-1-11-22-12-16;/h3-10,16,22H,1-2,11-14H2,(H,23,24);1H. The molecule has 2 aromatic carbocycles. The number of hydrogen-bond acceptors (Lipinski definition) is 3. The van der Waals surface area contributed by atoms with E-state index in [-0.39, 0.29) is 18.3 Å². The van der Waals surface area contributed by atoms with Gasteiger partial charge in [-0.25, -0.2) is 0 Å². The number of piperidine rings is 1. The van der Waals surface area contributed by atoms with E-state index in [1.54, 1.807) is 11.8 Å². The highest BCUT2D eigenvalue weighted by Gasteiger charge is 2.14. The quantitative estimate of drug-likeness (QED) is 0.672. The van der Waals surface area contributed by atoms with E-state index >= 15 is 0 Å². The normalized spacial score (nSPS) is 16.6. The van der Waals surface area contributed by atoms with Crippen LogP contribution in [0.5, 0.6) is 0 Å². The van der Waals surface area contributed by atoms with Gasteiger partial charge in [0.2, 0.25) is 0 Å². The van der Waals surface area contributed by atoms with Gasteiger partial charge in [0.05, 0.1) is 0 Å². The Kier molecular flexibility index (Phi) is 8.79. The summed E-state index contributed by atoms with van der Waals surface area (Å²) in [5.74, 6) is 1.44. The summed E-state index contributed by atoms with van der Waals surface area (Å²) in [7, 11) is 0. The summed E-state index contributed by atoms with van der Waals surface area (Å²) in [4.78, 5) is 13.4. The lowest BCUT2D eigenvalue weighted by molar-refractivity contribution is 0.0945. The molecule has 0 aromatic heterocycles. The van der Waals surface area contributed by atoms with Crippen LogP contribution in [0.3, 0.4) is 0 Å². The summed E-state index contributed by atoms with van der Waals surface area (Å²) in [6.07, 6.45) is 2.38. The van der Waals surface area contributed by atoms with Crippen molar-refractivity contribution in [1.29, 1.82) is 0 Å². The zero-order valence-electron chi connectivity index (χ0n) is 14.5. The van der Waals surface area contributed by atoms with Crippen molar-refractivity contribution in [3.05, 3.63) is 64.7 Å². The van der Waals surface area contributed by atoms with E-state index in [0.29, 0.717) is 5.92 Å². The minimum atomic E-state index is 0. The number of benzene rings is 2. The summed E-state index contributed by atoms with van der Waals surface area (Å²) in [5.41, 5.74) is 1.93. The zero-order chi connectivity index (χ0) is 17.5. The predicted molar refractivity (Wildman–Crippen MR) is 113 cm³/mol. The molecular formula is C20H24Cl2N2OS.